The number of carbonyl (C=O) groups excluding carboxylic acids is 1. The van der Waals surface area contributed by atoms with Crippen molar-refractivity contribution < 1.29 is 4.79 Å². The van der Waals surface area contributed by atoms with E-state index in [0.717, 1.165) is 53.4 Å². The first kappa shape index (κ1) is 23.1. The Balaban J connectivity index is 1.33. The topological polar surface area (TPSA) is 60.2 Å². The minimum Gasteiger partial charge on any atom is -0.297 e. The number of aromatic nitrogens is 1. The molecule has 0 N–H and O–H groups in total. The smallest absolute Gasteiger partial charge is 0.242 e. The molecule has 5 nitrogen and oxygen atoms in total. The summed E-state index contributed by atoms with van der Waals surface area (Å²) in [6, 6.07) is 30.5. The van der Waals surface area contributed by atoms with Crippen molar-refractivity contribution in [3.05, 3.63) is 114 Å². The van der Waals surface area contributed by atoms with Gasteiger partial charge in [0.15, 0.2) is 0 Å². The summed E-state index contributed by atoms with van der Waals surface area (Å²) in [7, 11) is 0. The third-order valence-electron chi connectivity index (χ3n) is 7.93. The number of aryl methyl sites for hydroxylation is 1. The molecule has 3 heterocycles. The minimum atomic E-state index is -0.685. The lowest BCUT2D eigenvalue weighted by atomic mass is 9.72. The van der Waals surface area contributed by atoms with Crippen LogP contribution in [0.4, 0.5) is 11.4 Å². The molecule has 0 saturated carbocycles. The highest BCUT2D eigenvalue weighted by Gasteiger charge is 2.53. The number of anilines is 2. The summed E-state index contributed by atoms with van der Waals surface area (Å²) in [5, 5.41) is 10.0. The SMILES string of the molecule is Cc1cccnc1CN1CCC2(CC1)C(=O)N(c1ccc(-c3ccccc3)cc1)c1cccc(C#N)c12. The van der Waals surface area contributed by atoms with Crippen molar-refractivity contribution in [2.24, 2.45) is 0 Å². The quantitative estimate of drug-likeness (QED) is 0.349. The maximum Gasteiger partial charge on any atom is 0.242 e. The van der Waals surface area contributed by atoms with Gasteiger partial charge in [0.2, 0.25) is 5.91 Å². The summed E-state index contributed by atoms with van der Waals surface area (Å²) in [4.78, 5) is 23.0. The first-order valence-electron chi connectivity index (χ1n) is 12.8. The normalized spacial score (nSPS) is 16.5. The van der Waals surface area contributed by atoms with E-state index in [9.17, 15) is 10.1 Å². The Bertz CT molecular complexity index is 1500. The van der Waals surface area contributed by atoms with Crippen LogP contribution in [0.25, 0.3) is 11.1 Å². The number of nitriles is 1. The van der Waals surface area contributed by atoms with E-state index in [0.29, 0.717) is 18.4 Å². The van der Waals surface area contributed by atoms with Crippen LogP contribution in [0.3, 0.4) is 0 Å². The molecule has 1 saturated heterocycles. The first-order valence-corrected chi connectivity index (χ1v) is 12.8. The van der Waals surface area contributed by atoms with Crippen LogP contribution in [0.15, 0.2) is 91.1 Å². The number of nitrogens with zero attached hydrogens (tertiary/aromatic N) is 4. The predicted molar refractivity (Wildman–Crippen MR) is 145 cm³/mol. The van der Waals surface area contributed by atoms with Gasteiger partial charge in [0.05, 0.1) is 28.4 Å². The first-order chi connectivity index (χ1) is 18.1. The van der Waals surface area contributed by atoms with Crippen LogP contribution in [0, 0.1) is 18.3 Å². The Morgan fingerprint density at radius 2 is 1.62 bits per heavy atom. The summed E-state index contributed by atoms with van der Waals surface area (Å²) < 4.78 is 0. The van der Waals surface area contributed by atoms with Gasteiger partial charge in [-0.3, -0.25) is 19.6 Å². The molecule has 182 valence electrons. The Hall–Kier alpha value is -4.27. The molecular weight excluding hydrogens is 456 g/mol. The molecule has 2 aliphatic heterocycles. The second kappa shape index (κ2) is 9.31. The van der Waals surface area contributed by atoms with Crippen molar-refractivity contribution in [2.75, 3.05) is 18.0 Å². The number of hydrogen-bond donors (Lipinski definition) is 0. The molecule has 1 spiro atoms. The van der Waals surface area contributed by atoms with E-state index in [1.54, 1.807) is 0 Å². The molecule has 1 aromatic heterocycles. The van der Waals surface area contributed by atoms with Crippen LogP contribution in [-0.4, -0.2) is 28.9 Å². The zero-order chi connectivity index (χ0) is 25.4. The van der Waals surface area contributed by atoms with Crippen molar-refractivity contribution in [3.8, 4) is 17.2 Å². The number of rotatable bonds is 4. The van der Waals surface area contributed by atoms with Crippen molar-refractivity contribution >= 4 is 17.3 Å². The number of amides is 1. The van der Waals surface area contributed by atoms with Gasteiger partial charge in [-0.05, 0) is 79.9 Å². The van der Waals surface area contributed by atoms with Crippen LogP contribution >= 0.6 is 0 Å². The van der Waals surface area contributed by atoms with Gasteiger partial charge in [-0.1, -0.05) is 54.6 Å². The number of hydrogen-bond acceptors (Lipinski definition) is 4. The van der Waals surface area contributed by atoms with Gasteiger partial charge in [-0.15, -0.1) is 0 Å². The molecule has 2 aliphatic rings. The number of piperidine rings is 1. The van der Waals surface area contributed by atoms with Crippen molar-refractivity contribution in [3.63, 3.8) is 0 Å². The second-order valence-electron chi connectivity index (χ2n) is 9.99. The van der Waals surface area contributed by atoms with Gasteiger partial charge in [0.25, 0.3) is 0 Å². The number of pyridine rings is 1. The van der Waals surface area contributed by atoms with Crippen LogP contribution in [0.1, 0.15) is 35.2 Å². The Labute approximate surface area is 217 Å². The molecule has 5 heteroatoms. The maximum absolute atomic E-state index is 14.3. The highest BCUT2D eigenvalue weighted by molar-refractivity contribution is 6.13. The summed E-state index contributed by atoms with van der Waals surface area (Å²) in [5.41, 5.74) is 6.99. The summed E-state index contributed by atoms with van der Waals surface area (Å²) >= 11 is 0. The molecule has 0 unspecified atom stereocenters. The van der Waals surface area contributed by atoms with E-state index in [4.69, 9.17) is 0 Å². The lowest BCUT2D eigenvalue weighted by molar-refractivity contribution is -0.124. The highest BCUT2D eigenvalue weighted by Crippen LogP contribution is 2.52. The average Bonchev–Trinajstić information content (AvgIpc) is 3.19. The van der Waals surface area contributed by atoms with Crippen LogP contribution in [-0.2, 0) is 16.8 Å². The lowest BCUT2D eigenvalue weighted by Gasteiger charge is -2.38. The van der Waals surface area contributed by atoms with Crippen LogP contribution in [0.2, 0.25) is 0 Å². The molecule has 0 radical (unpaired) electrons. The van der Waals surface area contributed by atoms with Crippen molar-refractivity contribution in [2.45, 2.75) is 31.7 Å². The molecule has 0 aliphatic carbocycles. The standard InChI is InChI=1S/C32H28N4O/c1-23-7-6-18-34-28(23)22-35-19-16-32(17-20-35)30-26(21-33)10-5-11-29(30)36(31(32)37)27-14-12-25(13-15-27)24-8-3-2-4-9-24/h2-15,18H,16-17,19-20,22H2,1H3. The number of benzene rings is 3. The van der Waals surface area contributed by atoms with Gasteiger partial charge in [-0.2, -0.15) is 5.26 Å². The van der Waals surface area contributed by atoms with Crippen LogP contribution in [0.5, 0.6) is 0 Å². The molecule has 6 rings (SSSR count). The van der Waals surface area contributed by atoms with Gasteiger partial charge in [0, 0.05) is 24.0 Å². The van der Waals surface area contributed by atoms with E-state index in [-0.39, 0.29) is 5.91 Å². The molecular formula is C32H28N4O. The summed E-state index contributed by atoms with van der Waals surface area (Å²) in [6.07, 6.45) is 3.20. The van der Waals surface area contributed by atoms with Gasteiger partial charge < -0.3 is 0 Å². The van der Waals surface area contributed by atoms with Crippen molar-refractivity contribution in [1.82, 2.24) is 9.88 Å². The molecule has 3 aromatic carbocycles. The second-order valence-corrected chi connectivity index (χ2v) is 9.99. The fraction of sp³-hybridized carbons (Fsp3) is 0.219. The third kappa shape index (κ3) is 3.91. The lowest BCUT2D eigenvalue weighted by Crippen LogP contribution is -2.48. The molecule has 0 atom stereocenters. The number of likely N-dealkylation sites (tertiary alicyclic amines) is 1. The van der Waals surface area contributed by atoms with Crippen molar-refractivity contribution in [1.29, 1.82) is 5.26 Å². The van der Waals surface area contributed by atoms with Gasteiger partial charge >= 0.3 is 0 Å². The fourth-order valence-corrected chi connectivity index (χ4v) is 5.90. The Morgan fingerprint density at radius 1 is 0.892 bits per heavy atom. The van der Waals surface area contributed by atoms with E-state index in [1.165, 1.54) is 5.56 Å². The van der Waals surface area contributed by atoms with Gasteiger partial charge in [-0.25, -0.2) is 0 Å². The van der Waals surface area contributed by atoms with Gasteiger partial charge in [0.1, 0.15) is 0 Å². The number of carbonyl (C=O) groups is 1. The Kier molecular flexibility index (Phi) is 5.82. The van der Waals surface area contributed by atoms with E-state index < -0.39 is 5.41 Å². The fourth-order valence-electron chi connectivity index (χ4n) is 5.90. The van der Waals surface area contributed by atoms with Crippen LogP contribution < -0.4 is 4.90 Å². The number of fused-ring (bicyclic) bond motifs is 2. The molecule has 1 fully saturated rings. The average molecular weight is 485 g/mol. The summed E-state index contributed by atoms with van der Waals surface area (Å²) in [6.45, 7) is 4.42. The zero-order valence-electron chi connectivity index (χ0n) is 20.9. The zero-order valence-corrected chi connectivity index (χ0v) is 20.9. The predicted octanol–water partition coefficient (Wildman–Crippen LogP) is 6.14. The molecule has 1 amide bonds. The molecule has 37 heavy (non-hydrogen) atoms. The molecule has 4 aromatic rings. The highest BCUT2D eigenvalue weighted by atomic mass is 16.2. The third-order valence-corrected chi connectivity index (χ3v) is 7.93. The monoisotopic (exact) mass is 484 g/mol. The minimum absolute atomic E-state index is 0.0753. The van der Waals surface area contributed by atoms with E-state index >= 15 is 0 Å². The molecule has 0 bridgehead atoms. The summed E-state index contributed by atoms with van der Waals surface area (Å²) in [5.74, 6) is 0.0753. The largest absolute Gasteiger partial charge is 0.297 e. The maximum atomic E-state index is 14.3. The van der Waals surface area contributed by atoms with E-state index in [1.807, 2.05) is 65.7 Å². The Morgan fingerprint density at radius 3 is 2.32 bits per heavy atom. The van der Waals surface area contributed by atoms with E-state index in [2.05, 4.69) is 53.2 Å².